The van der Waals surface area contributed by atoms with Gasteiger partial charge in [0.1, 0.15) is 5.56 Å². The van der Waals surface area contributed by atoms with Crippen LogP contribution in [0, 0.1) is 0 Å². The van der Waals surface area contributed by atoms with E-state index in [2.05, 4.69) is 0 Å². The molecule has 1 aliphatic heterocycles. The fraction of sp³-hybridized carbons (Fsp3) is 0.467. The van der Waals surface area contributed by atoms with Crippen molar-refractivity contribution in [2.75, 3.05) is 20.2 Å². The zero-order valence-electron chi connectivity index (χ0n) is 13.1. The molecule has 138 valence electrons. The van der Waals surface area contributed by atoms with Crippen LogP contribution in [0.1, 0.15) is 23.2 Å². The summed E-state index contributed by atoms with van der Waals surface area (Å²) < 4.78 is 42.0. The number of hydrogen-bond acceptors (Lipinski definition) is 3. The van der Waals surface area contributed by atoms with Crippen LogP contribution in [0.5, 0.6) is 5.75 Å². The first kappa shape index (κ1) is 19.7. The number of carbonyl (C=O) groups excluding carboxylic acids is 2. The van der Waals surface area contributed by atoms with Gasteiger partial charge < -0.3 is 15.0 Å². The molecule has 1 saturated heterocycles. The lowest BCUT2D eigenvalue weighted by atomic mass is 10.0. The highest BCUT2D eigenvalue weighted by molar-refractivity contribution is 6.37. The molecule has 25 heavy (non-hydrogen) atoms. The maximum absolute atomic E-state index is 12.7. The Hall–Kier alpha value is -1.67. The molecule has 1 heterocycles. The number of benzene rings is 1. The van der Waals surface area contributed by atoms with Gasteiger partial charge >= 0.3 is 12.1 Å². The molecule has 2 rings (SSSR count). The van der Waals surface area contributed by atoms with Crippen LogP contribution in [0.25, 0.3) is 0 Å². The summed E-state index contributed by atoms with van der Waals surface area (Å²) in [6.07, 6.45) is -4.52. The second-order valence-corrected chi connectivity index (χ2v) is 6.29. The third kappa shape index (κ3) is 4.49. The number of alkyl halides is 3. The Morgan fingerprint density at radius 2 is 1.76 bits per heavy atom. The van der Waals surface area contributed by atoms with Crippen LogP contribution in [-0.4, -0.2) is 49.1 Å². The minimum absolute atomic E-state index is 0.106. The van der Waals surface area contributed by atoms with E-state index in [0.717, 1.165) is 0 Å². The van der Waals surface area contributed by atoms with Gasteiger partial charge in [0.15, 0.2) is 5.75 Å². The van der Waals surface area contributed by atoms with Crippen molar-refractivity contribution >= 4 is 35.0 Å². The number of piperidine rings is 1. The number of ether oxygens (including phenoxy) is 1. The predicted octanol–water partition coefficient (Wildman–Crippen LogP) is 3.29. The smallest absolute Gasteiger partial charge is 0.471 e. The number of nitrogens with one attached hydrogen (secondary N) is 1. The van der Waals surface area contributed by atoms with E-state index in [1.54, 1.807) is 0 Å². The highest BCUT2D eigenvalue weighted by atomic mass is 35.5. The van der Waals surface area contributed by atoms with E-state index in [0.29, 0.717) is 0 Å². The Morgan fingerprint density at radius 3 is 2.28 bits per heavy atom. The molecule has 10 heteroatoms. The first-order valence-electron chi connectivity index (χ1n) is 7.34. The van der Waals surface area contributed by atoms with Crippen LogP contribution in [0.15, 0.2) is 12.1 Å². The number of methoxy groups -OCH3 is 1. The average Bonchev–Trinajstić information content (AvgIpc) is 2.55. The van der Waals surface area contributed by atoms with Crippen molar-refractivity contribution in [2.45, 2.75) is 25.1 Å². The number of hydrogen-bond donors (Lipinski definition) is 1. The molecule has 5 nitrogen and oxygen atoms in total. The van der Waals surface area contributed by atoms with Crippen molar-refractivity contribution in [1.82, 2.24) is 10.2 Å². The first-order chi connectivity index (χ1) is 11.6. The van der Waals surface area contributed by atoms with Gasteiger partial charge in [0.05, 0.1) is 17.2 Å². The number of nitrogens with zero attached hydrogens (tertiary/aromatic N) is 1. The monoisotopic (exact) mass is 398 g/mol. The van der Waals surface area contributed by atoms with E-state index in [4.69, 9.17) is 27.9 Å². The molecule has 0 radical (unpaired) electrons. The number of halogens is 5. The maximum atomic E-state index is 12.7. The Balaban J connectivity index is 2.05. The van der Waals surface area contributed by atoms with E-state index in [-0.39, 0.29) is 47.3 Å². The summed E-state index contributed by atoms with van der Waals surface area (Å²) >= 11 is 12.1. The maximum Gasteiger partial charge on any atom is 0.471 e. The Kier molecular flexibility index (Phi) is 6.05. The van der Waals surface area contributed by atoms with Gasteiger partial charge in [-0.05, 0) is 25.0 Å². The predicted molar refractivity (Wildman–Crippen MR) is 86.1 cm³/mol. The number of likely N-dealkylation sites (tertiary alicyclic amines) is 1. The van der Waals surface area contributed by atoms with Gasteiger partial charge in [-0.15, -0.1) is 0 Å². The van der Waals surface area contributed by atoms with Crippen molar-refractivity contribution in [2.24, 2.45) is 0 Å². The second kappa shape index (κ2) is 7.70. The minimum Gasteiger partial charge on any atom is -0.494 e. The first-order valence-corrected chi connectivity index (χ1v) is 8.09. The summed E-state index contributed by atoms with van der Waals surface area (Å²) in [4.78, 5) is 25.1. The zero-order chi connectivity index (χ0) is 18.8. The van der Waals surface area contributed by atoms with Gasteiger partial charge in [0.2, 0.25) is 0 Å². The van der Waals surface area contributed by atoms with Crippen LogP contribution in [0.4, 0.5) is 13.2 Å². The van der Waals surface area contributed by atoms with Crippen LogP contribution < -0.4 is 10.1 Å². The third-order valence-electron chi connectivity index (χ3n) is 3.85. The van der Waals surface area contributed by atoms with Crippen LogP contribution >= 0.6 is 23.2 Å². The number of carbonyl (C=O) groups is 2. The molecule has 0 saturated carbocycles. The SMILES string of the molecule is COc1c(Cl)ccc(Cl)c1C(=O)N1CCC(NC(=O)C(F)(F)F)CC1. The topological polar surface area (TPSA) is 58.6 Å². The normalized spacial score (nSPS) is 15.8. The standard InChI is InChI=1S/C15H15Cl2F3N2O3/c1-25-12-10(17)3-2-9(16)11(12)13(23)22-6-4-8(5-7-22)21-14(24)15(18,19)20/h2-3,8H,4-7H2,1H3,(H,21,24). The van der Waals surface area contributed by atoms with Gasteiger partial charge in [0, 0.05) is 19.1 Å². The molecule has 0 unspecified atom stereocenters. The van der Waals surface area contributed by atoms with E-state index < -0.39 is 24.0 Å². The third-order valence-corrected chi connectivity index (χ3v) is 4.46. The molecule has 1 aliphatic rings. The van der Waals surface area contributed by atoms with Crippen LogP contribution in [0.2, 0.25) is 10.0 Å². The summed E-state index contributed by atoms with van der Waals surface area (Å²) in [7, 11) is 1.35. The second-order valence-electron chi connectivity index (χ2n) is 5.48. The molecular weight excluding hydrogens is 384 g/mol. The molecular formula is C15H15Cl2F3N2O3. The molecule has 0 atom stereocenters. The molecule has 0 bridgehead atoms. The molecule has 1 N–H and O–H groups in total. The van der Waals surface area contributed by atoms with Crippen molar-refractivity contribution in [3.63, 3.8) is 0 Å². The van der Waals surface area contributed by atoms with Crippen molar-refractivity contribution < 1.29 is 27.5 Å². The lowest BCUT2D eigenvalue weighted by Gasteiger charge is -2.33. The van der Waals surface area contributed by atoms with Gasteiger partial charge in [-0.3, -0.25) is 9.59 Å². The lowest BCUT2D eigenvalue weighted by molar-refractivity contribution is -0.174. The molecule has 0 spiro atoms. The molecule has 0 aromatic heterocycles. The summed E-state index contributed by atoms with van der Waals surface area (Å²) in [5, 5.41) is 2.32. The fourth-order valence-electron chi connectivity index (χ4n) is 2.58. The summed E-state index contributed by atoms with van der Waals surface area (Å²) in [6, 6.07) is 2.32. The fourth-order valence-corrected chi connectivity index (χ4v) is 3.05. The van der Waals surface area contributed by atoms with Crippen LogP contribution in [0.3, 0.4) is 0 Å². The zero-order valence-corrected chi connectivity index (χ0v) is 14.6. The molecule has 1 aromatic carbocycles. The van der Waals surface area contributed by atoms with Crippen molar-refractivity contribution in [3.8, 4) is 5.75 Å². The molecule has 1 aromatic rings. The van der Waals surface area contributed by atoms with E-state index in [1.807, 2.05) is 5.32 Å². The summed E-state index contributed by atoms with van der Waals surface area (Å²) in [6.45, 7) is 0.348. The number of amides is 2. The van der Waals surface area contributed by atoms with Crippen molar-refractivity contribution in [1.29, 1.82) is 0 Å². The summed E-state index contributed by atoms with van der Waals surface area (Å²) in [5.74, 6) is -2.26. The van der Waals surface area contributed by atoms with E-state index in [1.165, 1.54) is 24.1 Å². The lowest BCUT2D eigenvalue weighted by Crippen LogP contribution is -2.49. The summed E-state index contributed by atoms with van der Waals surface area (Å²) in [5.41, 5.74) is 0.106. The minimum atomic E-state index is -4.92. The largest absolute Gasteiger partial charge is 0.494 e. The van der Waals surface area contributed by atoms with E-state index in [9.17, 15) is 22.8 Å². The highest BCUT2D eigenvalue weighted by Crippen LogP contribution is 2.35. The number of rotatable bonds is 3. The molecule has 0 aliphatic carbocycles. The Bertz CT molecular complexity index is 675. The van der Waals surface area contributed by atoms with Gasteiger partial charge in [-0.25, -0.2) is 0 Å². The Morgan fingerprint density at radius 1 is 1.20 bits per heavy atom. The van der Waals surface area contributed by atoms with Gasteiger partial charge in [-0.1, -0.05) is 23.2 Å². The Labute approximate surface area is 152 Å². The van der Waals surface area contributed by atoms with Gasteiger partial charge in [-0.2, -0.15) is 13.2 Å². The van der Waals surface area contributed by atoms with E-state index >= 15 is 0 Å². The molecule has 1 fully saturated rings. The highest BCUT2D eigenvalue weighted by Gasteiger charge is 2.40. The van der Waals surface area contributed by atoms with Gasteiger partial charge in [0.25, 0.3) is 5.91 Å². The average molecular weight is 399 g/mol. The molecule has 2 amide bonds. The van der Waals surface area contributed by atoms with Crippen LogP contribution in [-0.2, 0) is 4.79 Å². The van der Waals surface area contributed by atoms with Crippen molar-refractivity contribution in [3.05, 3.63) is 27.7 Å². The quantitative estimate of drug-likeness (QED) is 0.849.